The minimum Gasteiger partial charge on any atom is -0.309 e. The first-order valence-corrected chi connectivity index (χ1v) is 18.3. The number of fused-ring (bicyclic) bond motifs is 9. The van der Waals surface area contributed by atoms with Crippen molar-refractivity contribution >= 4 is 65.4 Å². The van der Waals surface area contributed by atoms with Crippen LogP contribution in [0.25, 0.3) is 93.6 Å². The van der Waals surface area contributed by atoms with E-state index in [-0.39, 0.29) is 0 Å². The first kappa shape index (κ1) is 30.7. The van der Waals surface area contributed by atoms with Crippen molar-refractivity contribution in [1.82, 2.24) is 13.7 Å². The normalized spacial score (nSPS) is 11.6. The van der Waals surface area contributed by atoms with Crippen LogP contribution < -0.4 is 0 Å². The Morgan fingerprint density at radius 3 is 1.53 bits per heavy atom. The van der Waals surface area contributed by atoms with Crippen LogP contribution in [0.2, 0.25) is 0 Å². The third-order valence-corrected chi connectivity index (χ3v) is 11.1. The van der Waals surface area contributed by atoms with Crippen molar-refractivity contribution in [2.75, 3.05) is 0 Å². The number of rotatable bonds is 4. The molecule has 254 valence electrons. The van der Waals surface area contributed by atoms with Gasteiger partial charge in [-0.1, -0.05) is 115 Å². The highest BCUT2D eigenvalue weighted by molar-refractivity contribution is 6.13. The largest absolute Gasteiger partial charge is 0.309 e. The predicted octanol–water partition coefficient (Wildman–Crippen LogP) is 12.4. The van der Waals surface area contributed by atoms with Gasteiger partial charge in [-0.3, -0.25) is 0 Å². The molecule has 8 aromatic carbocycles. The fraction of sp³-hybridized carbons (Fsp3) is 0. The van der Waals surface area contributed by atoms with E-state index in [4.69, 9.17) is 0 Å². The van der Waals surface area contributed by atoms with Gasteiger partial charge >= 0.3 is 0 Å². The molecule has 0 fully saturated rings. The molecular formula is C50H29N5. The van der Waals surface area contributed by atoms with E-state index in [1.165, 1.54) is 16.2 Å². The number of nitrogens with zero attached hydrogens (tertiary/aromatic N) is 5. The summed E-state index contributed by atoms with van der Waals surface area (Å²) >= 11 is 0. The van der Waals surface area contributed by atoms with Gasteiger partial charge in [0.05, 0.1) is 61.7 Å². The maximum atomic E-state index is 10.4. The molecule has 55 heavy (non-hydrogen) atoms. The lowest BCUT2D eigenvalue weighted by Gasteiger charge is -2.19. The number of benzene rings is 8. The van der Waals surface area contributed by atoms with Crippen LogP contribution in [0.1, 0.15) is 11.1 Å². The summed E-state index contributed by atoms with van der Waals surface area (Å²) in [4.78, 5) is 0. The highest BCUT2D eigenvalue weighted by atomic mass is 15.0. The Morgan fingerprint density at radius 2 is 0.873 bits per heavy atom. The highest BCUT2D eigenvalue weighted by Crippen LogP contribution is 2.42. The van der Waals surface area contributed by atoms with Crippen LogP contribution >= 0.6 is 0 Å². The standard InChI is InChI=1S/C50H29N5/c51-30-32-24-26-40(48(28-32)55-47-23-10-5-17-39(47)42-18-11-12-33(31-52)50(42)55)37-15-3-8-21-45(37)54-46-22-9-4-16-38(46)41-27-25-34(29-49(41)54)53-43-19-6-1-13-35(43)36-14-2-7-20-44(36)53/h1-29H. The zero-order valence-electron chi connectivity index (χ0n) is 29.5. The second-order valence-electron chi connectivity index (χ2n) is 14.0. The molecule has 3 aromatic heterocycles. The minimum atomic E-state index is 0.546. The third-order valence-electron chi connectivity index (χ3n) is 11.1. The van der Waals surface area contributed by atoms with Crippen LogP contribution in [0, 0.1) is 22.7 Å². The minimum absolute atomic E-state index is 0.546. The fourth-order valence-corrected chi connectivity index (χ4v) is 8.83. The van der Waals surface area contributed by atoms with E-state index in [2.05, 4.69) is 165 Å². The van der Waals surface area contributed by atoms with E-state index >= 15 is 0 Å². The highest BCUT2D eigenvalue weighted by Gasteiger charge is 2.22. The average molecular weight is 700 g/mol. The zero-order valence-corrected chi connectivity index (χ0v) is 29.5. The molecule has 5 nitrogen and oxygen atoms in total. The Bertz CT molecular complexity index is 3420. The van der Waals surface area contributed by atoms with Crippen molar-refractivity contribution in [3.05, 3.63) is 187 Å². The molecule has 0 saturated carbocycles. The number of aromatic nitrogens is 3. The Kier molecular flexibility index (Phi) is 6.61. The molecule has 0 aliphatic carbocycles. The molecule has 0 aliphatic rings. The molecule has 3 heterocycles. The summed E-state index contributed by atoms with van der Waals surface area (Å²) in [6.07, 6.45) is 0. The van der Waals surface area contributed by atoms with Gasteiger partial charge in [0, 0.05) is 49.1 Å². The smallest absolute Gasteiger partial charge is 0.101 e. The molecule has 0 spiro atoms. The van der Waals surface area contributed by atoms with E-state index in [1.54, 1.807) is 0 Å². The summed E-state index contributed by atoms with van der Waals surface area (Å²) in [5, 5.41) is 27.4. The molecule has 0 aliphatic heterocycles. The summed E-state index contributed by atoms with van der Waals surface area (Å²) in [6.45, 7) is 0. The summed E-state index contributed by atoms with van der Waals surface area (Å²) < 4.78 is 6.92. The summed E-state index contributed by atoms with van der Waals surface area (Å²) in [7, 11) is 0. The SMILES string of the molecule is N#Cc1ccc(-c2ccccc2-n2c3ccccc3c3ccc(-n4c5ccccc5c5ccccc54)cc32)c(-n2c3ccccc3c3cccc(C#N)c32)c1. The monoisotopic (exact) mass is 699 g/mol. The lowest BCUT2D eigenvalue weighted by molar-refractivity contribution is 1.15. The van der Waals surface area contributed by atoms with Crippen LogP contribution in [-0.2, 0) is 0 Å². The van der Waals surface area contributed by atoms with Crippen LogP contribution in [0.5, 0.6) is 0 Å². The lowest BCUT2D eigenvalue weighted by atomic mass is 9.99. The molecule has 0 atom stereocenters. The van der Waals surface area contributed by atoms with Gasteiger partial charge in [0.15, 0.2) is 0 Å². The van der Waals surface area contributed by atoms with E-state index in [9.17, 15) is 10.5 Å². The van der Waals surface area contributed by atoms with Crippen molar-refractivity contribution in [3.63, 3.8) is 0 Å². The third kappa shape index (κ3) is 4.39. The van der Waals surface area contributed by atoms with E-state index in [0.29, 0.717) is 11.1 Å². The molecule has 5 heteroatoms. The Hall–Kier alpha value is -7.86. The quantitative estimate of drug-likeness (QED) is 0.184. The van der Waals surface area contributed by atoms with Gasteiger partial charge in [0.25, 0.3) is 0 Å². The van der Waals surface area contributed by atoms with Crippen molar-refractivity contribution < 1.29 is 0 Å². The van der Waals surface area contributed by atoms with E-state index < -0.39 is 0 Å². The van der Waals surface area contributed by atoms with Gasteiger partial charge in [0.1, 0.15) is 6.07 Å². The molecular weight excluding hydrogens is 671 g/mol. The van der Waals surface area contributed by atoms with Gasteiger partial charge < -0.3 is 13.7 Å². The van der Waals surface area contributed by atoms with Crippen molar-refractivity contribution in [2.45, 2.75) is 0 Å². The van der Waals surface area contributed by atoms with E-state index in [1.807, 2.05) is 36.4 Å². The lowest BCUT2D eigenvalue weighted by Crippen LogP contribution is -2.03. The van der Waals surface area contributed by atoms with Gasteiger partial charge in [0.2, 0.25) is 0 Å². The topological polar surface area (TPSA) is 62.4 Å². The second-order valence-corrected chi connectivity index (χ2v) is 14.0. The molecule has 0 radical (unpaired) electrons. The molecule has 0 amide bonds. The van der Waals surface area contributed by atoms with Gasteiger partial charge in [-0.05, 0) is 60.7 Å². The summed E-state index contributed by atoms with van der Waals surface area (Å²) in [5.41, 5.74) is 12.3. The Labute approximate surface area is 316 Å². The average Bonchev–Trinajstić information content (AvgIpc) is 3.89. The molecule has 0 unspecified atom stereocenters. The molecule has 0 bridgehead atoms. The zero-order chi connectivity index (χ0) is 36.6. The second kappa shape index (κ2) is 11.8. The first-order chi connectivity index (χ1) is 27.2. The number of hydrogen-bond donors (Lipinski definition) is 0. The summed E-state index contributed by atoms with van der Waals surface area (Å²) in [6, 6.07) is 66.0. The molecule has 0 saturated heterocycles. The predicted molar refractivity (Wildman–Crippen MR) is 224 cm³/mol. The van der Waals surface area contributed by atoms with Gasteiger partial charge in [-0.2, -0.15) is 10.5 Å². The molecule has 11 rings (SSSR count). The maximum Gasteiger partial charge on any atom is 0.101 e. The van der Waals surface area contributed by atoms with Crippen LogP contribution in [0.15, 0.2) is 176 Å². The fourth-order valence-electron chi connectivity index (χ4n) is 8.83. The van der Waals surface area contributed by atoms with Gasteiger partial charge in [-0.25, -0.2) is 0 Å². The molecule has 0 N–H and O–H groups in total. The molecule has 11 aromatic rings. The van der Waals surface area contributed by atoms with E-state index in [0.717, 1.165) is 77.4 Å². The van der Waals surface area contributed by atoms with Crippen LogP contribution in [0.3, 0.4) is 0 Å². The first-order valence-electron chi connectivity index (χ1n) is 18.3. The van der Waals surface area contributed by atoms with Crippen molar-refractivity contribution in [2.24, 2.45) is 0 Å². The summed E-state index contributed by atoms with van der Waals surface area (Å²) in [5.74, 6) is 0. The van der Waals surface area contributed by atoms with Crippen molar-refractivity contribution in [3.8, 4) is 40.3 Å². The van der Waals surface area contributed by atoms with Crippen molar-refractivity contribution in [1.29, 1.82) is 10.5 Å². The number of nitriles is 2. The van der Waals surface area contributed by atoms with Crippen LogP contribution in [-0.4, -0.2) is 13.7 Å². The van der Waals surface area contributed by atoms with Crippen LogP contribution in [0.4, 0.5) is 0 Å². The Balaban J connectivity index is 1.22. The Morgan fingerprint density at radius 1 is 0.345 bits per heavy atom. The number of para-hydroxylation sites is 6. The maximum absolute atomic E-state index is 10.4. The van der Waals surface area contributed by atoms with Gasteiger partial charge in [-0.15, -0.1) is 0 Å². The number of hydrogen-bond acceptors (Lipinski definition) is 2.